The van der Waals surface area contributed by atoms with Crippen LogP contribution in [0.4, 0.5) is 13.2 Å². The molecular formula is C35H46F3N5O3. The van der Waals surface area contributed by atoms with Crippen LogP contribution in [0.3, 0.4) is 0 Å². The lowest BCUT2D eigenvalue weighted by Crippen LogP contribution is -2.48. The third-order valence-corrected chi connectivity index (χ3v) is 8.48. The van der Waals surface area contributed by atoms with Gasteiger partial charge in [0, 0.05) is 38.3 Å². The highest BCUT2D eigenvalue weighted by atomic mass is 19.4. The Kier molecular flexibility index (Phi) is 12.8. The number of benzene rings is 2. The van der Waals surface area contributed by atoms with Gasteiger partial charge >= 0.3 is 6.18 Å². The number of amides is 2. The van der Waals surface area contributed by atoms with Gasteiger partial charge in [0.05, 0.1) is 17.7 Å². The van der Waals surface area contributed by atoms with Gasteiger partial charge in [-0.2, -0.15) is 18.3 Å². The van der Waals surface area contributed by atoms with Crippen LogP contribution in [-0.2, 0) is 25.7 Å². The summed E-state index contributed by atoms with van der Waals surface area (Å²) in [7, 11) is 0. The molecule has 0 bridgehead atoms. The number of alkyl halides is 3. The monoisotopic (exact) mass is 641 g/mol. The van der Waals surface area contributed by atoms with Crippen LogP contribution in [0, 0.1) is 0 Å². The number of hydrogen-bond acceptors (Lipinski definition) is 5. The van der Waals surface area contributed by atoms with Gasteiger partial charge in [-0.3, -0.25) is 14.3 Å². The maximum absolute atomic E-state index is 13.8. The summed E-state index contributed by atoms with van der Waals surface area (Å²) in [6.45, 7) is 5.49. The summed E-state index contributed by atoms with van der Waals surface area (Å²) in [4.78, 5) is 29.4. The Hall–Kier alpha value is -3.70. The van der Waals surface area contributed by atoms with Gasteiger partial charge in [0.1, 0.15) is 5.69 Å². The van der Waals surface area contributed by atoms with Gasteiger partial charge in [-0.25, -0.2) is 0 Å². The van der Waals surface area contributed by atoms with Gasteiger partial charge in [-0.1, -0.05) is 75.2 Å². The number of unbranched alkanes of at least 4 members (excludes halogenated alkanes) is 1. The molecule has 3 aromatic rings. The van der Waals surface area contributed by atoms with Crippen molar-refractivity contribution in [2.45, 2.75) is 103 Å². The third-order valence-electron chi connectivity index (χ3n) is 8.48. The number of halogens is 3. The largest absolute Gasteiger partial charge is 0.416 e. The van der Waals surface area contributed by atoms with Crippen molar-refractivity contribution in [2.75, 3.05) is 13.1 Å². The second kappa shape index (κ2) is 16.7. The first-order chi connectivity index (χ1) is 22.1. The van der Waals surface area contributed by atoms with Crippen LogP contribution in [0.5, 0.6) is 0 Å². The van der Waals surface area contributed by atoms with Crippen LogP contribution in [-0.4, -0.2) is 62.9 Å². The molecule has 0 saturated carbocycles. The van der Waals surface area contributed by atoms with E-state index in [2.05, 4.69) is 29.6 Å². The average Bonchev–Trinajstić information content (AvgIpc) is 3.48. The van der Waals surface area contributed by atoms with E-state index in [0.29, 0.717) is 30.8 Å². The lowest BCUT2D eigenvalue weighted by molar-refractivity contribution is -0.137. The molecule has 1 aromatic heterocycles. The number of hydrogen-bond donors (Lipinski definition) is 3. The first kappa shape index (κ1) is 35.2. The minimum absolute atomic E-state index is 0.0243. The molecule has 0 radical (unpaired) electrons. The number of aliphatic hydroxyl groups excluding tert-OH is 1. The number of aryl methyl sites for hydroxylation is 1. The van der Waals surface area contributed by atoms with E-state index in [1.54, 1.807) is 16.8 Å². The van der Waals surface area contributed by atoms with Gasteiger partial charge in [0.2, 0.25) is 0 Å². The minimum atomic E-state index is -4.44. The van der Waals surface area contributed by atoms with Crippen LogP contribution in [0.2, 0.25) is 0 Å². The van der Waals surface area contributed by atoms with Crippen molar-refractivity contribution in [3.8, 4) is 0 Å². The van der Waals surface area contributed by atoms with Crippen molar-refractivity contribution in [3.63, 3.8) is 0 Å². The molecule has 1 aliphatic heterocycles. The molecule has 1 saturated heterocycles. The molecule has 0 spiro atoms. The third kappa shape index (κ3) is 9.65. The highest BCUT2D eigenvalue weighted by Gasteiger charge is 2.32. The number of aromatic nitrogens is 2. The molecule has 2 amide bonds. The predicted octanol–water partition coefficient (Wildman–Crippen LogP) is 5.99. The fraction of sp³-hybridized carbons (Fsp3) is 0.514. The van der Waals surface area contributed by atoms with E-state index in [0.717, 1.165) is 62.6 Å². The van der Waals surface area contributed by atoms with Crippen molar-refractivity contribution in [3.05, 3.63) is 88.7 Å². The summed E-state index contributed by atoms with van der Waals surface area (Å²) >= 11 is 0. The molecule has 1 unspecified atom stereocenters. The van der Waals surface area contributed by atoms with E-state index < -0.39 is 29.8 Å². The number of rotatable bonds is 15. The Morgan fingerprint density at radius 3 is 2.50 bits per heavy atom. The standard InChI is InChI=1S/C35H46F3N5O3/c1-3-5-19-43-31(34(46)42-18-10-9-17-28(42)12-4-2)22-30(41-43)33(45)40-29(21-25-13-7-6-8-14-25)32(44)24-39-23-26-15-11-16-27(20-26)35(36,37)38/h6-8,11,13-16,20,22,28-29,32,39,44H,3-5,9-10,12,17-19,21,23-24H2,1-2H3,(H,40,45)/t28?,29-,32+/m0/s1. The van der Waals surface area contributed by atoms with E-state index in [9.17, 15) is 27.9 Å². The maximum Gasteiger partial charge on any atom is 0.416 e. The van der Waals surface area contributed by atoms with E-state index >= 15 is 0 Å². The molecule has 3 N–H and O–H groups in total. The second-order valence-corrected chi connectivity index (χ2v) is 12.1. The van der Waals surface area contributed by atoms with Gasteiger partial charge in [0.15, 0.2) is 5.69 Å². The van der Waals surface area contributed by atoms with E-state index in [-0.39, 0.29) is 30.7 Å². The Morgan fingerprint density at radius 2 is 1.78 bits per heavy atom. The summed E-state index contributed by atoms with van der Waals surface area (Å²) in [5.74, 6) is -0.619. The normalized spacial score (nSPS) is 16.7. The zero-order valence-electron chi connectivity index (χ0n) is 26.7. The van der Waals surface area contributed by atoms with Crippen LogP contribution in [0.25, 0.3) is 0 Å². The lowest BCUT2D eigenvalue weighted by atomic mass is 9.98. The molecule has 4 rings (SSSR count). The molecule has 46 heavy (non-hydrogen) atoms. The van der Waals surface area contributed by atoms with Crippen LogP contribution in [0.1, 0.15) is 96.5 Å². The molecule has 8 nitrogen and oxygen atoms in total. The molecule has 1 fully saturated rings. The van der Waals surface area contributed by atoms with Gasteiger partial charge in [0.25, 0.3) is 11.8 Å². The van der Waals surface area contributed by atoms with E-state index in [1.807, 2.05) is 35.2 Å². The van der Waals surface area contributed by atoms with Crippen LogP contribution in [0.15, 0.2) is 60.7 Å². The summed E-state index contributed by atoms with van der Waals surface area (Å²) in [6, 6.07) is 15.4. The number of likely N-dealkylation sites (tertiary alicyclic amines) is 1. The second-order valence-electron chi connectivity index (χ2n) is 12.1. The number of carbonyl (C=O) groups excluding carboxylic acids is 2. The van der Waals surface area contributed by atoms with Gasteiger partial charge < -0.3 is 20.6 Å². The van der Waals surface area contributed by atoms with Crippen molar-refractivity contribution in [1.82, 2.24) is 25.3 Å². The quantitative estimate of drug-likeness (QED) is 0.190. The Bertz CT molecular complexity index is 1410. The summed E-state index contributed by atoms with van der Waals surface area (Å²) in [5.41, 5.74) is 1.07. The lowest BCUT2D eigenvalue weighted by Gasteiger charge is -2.35. The van der Waals surface area contributed by atoms with Crippen molar-refractivity contribution in [1.29, 1.82) is 0 Å². The summed E-state index contributed by atoms with van der Waals surface area (Å²) in [5, 5.41) is 21.7. The Balaban J connectivity index is 1.50. The van der Waals surface area contributed by atoms with Gasteiger partial charge in [-0.15, -0.1) is 0 Å². The van der Waals surface area contributed by atoms with Crippen molar-refractivity contribution >= 4 is 11.8 Å². The van der Waals surface area contributed by atoms with Crippen LogP contribution >= 0.6 is 0 Å². The average molecular weight is 642 g/mol. The molecule has 1 aliphatic rings. The fourth-order valence-electron chi connectivity index (χ4n) is 5.98. The maximum atomic E-state index is 13.8. The smallest absolute Gasteiger partial charge is 0.390 e. The molecule has 250 valence electrons. The van der Waals surface area contributed by atoms with E-state index in [4.69, 9.17) is 0 Å². The molecule has 3 atom stereocenters. The molecule has 2 aromatic carbocycles. The van der Waals surface area contributed by atoms with E-state index in [1.165, 1.54) is 6.07 Å². The first-order valence-corrected chi connectivity index (χ1v) is 16.4. The predicted molar refractivity (Wildman–Crippen MR) is 171 cm³/mol. The zero-order valence-corrected chi connectivity index (χ0v) is 26.7. The summed E-state index contributed by atoms with van der Waals surface area (Å²) < 4.78 is 41.1. The SMILES string of the molecule is CCCCn1nc(C(=O)N[C@@H](Cc2ccccc2)[C@H](O)CNCc2cccc(C(F)(F)F)c2)cc1C(=O)N1CCCCC1CCC. The minimum Gasteiger partial charge on any atom is -0.390 e. The number of nitrogens with one attached hydrogen (secondary N) is 2. The fourth-order valence-corrected chi connectivity index (χ4v) is 5.98. The number of carbonyl (C=O) groups is 2. The van der Waals surface area contributed by atoms with Crippen molar-refractivity contribution in [2.24, 2.45) is 0 Å². The van der Waals surface area contributed by atoms with Gasteiger partial charge in [-0.05, 0) is 55.7 Å². The topological polar surface area (TPSA) is 99.5 Å². The van der Waals surface area contributed by atoms with Crippen LogP contribution < -0.4 is 10.6 Å². The molecule has 2 heterocycles. The first-order valence-electron chi connectivity index (χ1n) is 16.4. The Morgan fingerprint density at radius 1 is 1.02 bits per heavy atom. The molecule has 0 aliphatic carbocycles. The number of aliphatic hydroxyl groups is 1. The summed E-state index contributed by atoms with van der Waals surface area (Å²) in [6.07, 6.45) is 1.43. The highest BCUT2D eigenvalue weighted by molar-refractivity contribution is 5.98. The molecular weight excluding hydrogens is 595 g/mol. The molecule has 11 heteroatoms. The number of nitrogens with zero attached hydrogens (tertiary/aromatic N) is 3. The zero-order chi connectivity index (χ0) is 33.1. The highest BCUT2D eigenvalue weighted by Crippen LogP contribution is 2.29. The number of piperidine rings is 1. The Labute approximate surface area is 269 Å². The van der Waals surface area contributed by atoms with Crippen molar-refractivity contribution < 1.29 is 27.9 Å².